The number of rotatable bonds is 8. The van der Waals surface area contributed by atoms with E-state index in [0.29, 0.717) is 25.3 Å². The molecule has 0 aliphatic heterocycles. The quantitative estimate of drug-likeness (QED) is 0.757. The molecule has 1 aromatic carbocycles. The molecule has 19 heavy (non-hydrogen) atoms. The molecule has 2 rings (SSSR count). The molecule has 1 fully saturated rings. The number of nitrogens with one attached hydrogen (secondary N) is 1. The molecule has 0 spiro atoms. The average Bonchev–Trinajstić information content (AvgIpc) is 3.18. The molecule has 0 saturated heterocycles. The SMILES string of the molecule is Cc1cc(CNCC(O)COCC2CC2)ccc1F. The first-order valence-corrected chi connectivity index (χ1v) is 6.86. The summed E-state index contributed by atoms with van der Waals surface area (Å²) >= 11 is 0. The van der Waals surface area contributed by atoms with Crippen molar-refractivity contribution in [1.29, 1.82) is 0 Å². The average molecular weight is 267 g/mol. The van der Waals surface area contributed by atoms with E-state index in [1.165, 1.54) is 18.9 Å². The van der Waals surface area contributed by atoms with Gasteiger partial charge in [0.2, 0.25) is 0 Å². The molecule has 0 bridgehead atoms. The molecular formula is C15H22FNO2. The molecule has 1 aromatic rings. The van der Waals surface area contributed by atoms with E-state index in [1.807, 2.05) is 6.07 Å². The number of aliphatic hydroxyl groups is 1. The van der Waals surface area contributed by atoms with E-state index in [0.717, 1.165) is 18.1 Å². The molecule has 1 saturated carbocycles. The highest BCUT2D eigenvalue weighted by Gasteiger charge is 2.21. The zero-order chi connectivity index (χ0) is 13.7. The predicted octanol–water partition coefficient (Wildman–Crippen LogP) is 2.01. The second-order valence-electron chi connectivity index (χ2n) is 5.35. The second kappa shape index (κ2) is 6.98. The van der Waals surface area contributed by atoms with E-state index in [9.17, 15) is 9.50 Å². The van der Waals surface area contributed by atoms with Crippen molar-refractivity contribution in [3.8, 4) is 0 Å². The van der Waals surface area contributed by atoms with Gasteiger partial charge in [0, 0.05) is 19.7 Å². The molecule has 0 aromatic heterocycles. The third-order valence-corrected chi connectivity index (χ3v) is 3.29. The largest absolute Gasteiger partial charge is 0.389 e. The van der Waals surface area contributed by atoms with Gasteiger partial charge in [0.1, 0.15) is 5.82 Å². The van der Waals surface area contributed by atoms with Gasteiger partial charge >= 0.3 is 0 Å². The topological polar surface area (TPSA) is 41.5 Å². The normalized spacial score (nSPS) is 16.6. The van der Waals surface area contributed by atoms with Crippen LogP contribution in [0, 0.1) is 18.7 Å². The summed E-state index contributed by atoms with van der Waals surface area (Å²) in [7, 11) is 0. The van der Waals surface area contributed by atoms with Crippen molar-refractivity contribution < 1.29 is 14.2 Å². The van der Waals surface area contributed by atoms with Crippen LogP contribution in [-0.2, 0) is 11.3 Å². The summed E-state index contributed by atoms with van der Waals surface area (Å²) in [6, 6.07) is 5.05. The maximum atomic E-state index is 13.1. The monoisotopic (exact) mass is 267 g/mol. The number of hydrogen-bond donors (Lipinski definition) is 2. The van der Waals surface area contributed by atoms with Gasteiger partial charge in [-0.3, -0.25) is 0 Å². The Balaban J connectivity index is 1.60. The second-order valence-corrected chi connectivity index (χ2v) is 5.35. The smallest absolute Gasteiger partial charge is 0.126 e. The Labute approximate surface area is 113 Å². The van der Waals surface area contributed by atoms with Crippen LogP contribution < -0.4 is 5.32 Å². The van der Waals surface area contributed by atoms with Crippen LogP contribution in [0.5, 0.6) is 0 Å². The van der Waals surface area contributed by atoms with Crippen molar-refractivity contribution in [2.75, 3.05) is 19.8 Å². The maximum Gasteiger partial charge on any atom is 0.126 e. The summed E-state index contributed by atoms with van der Waals surface area (Å²) in [6.07, 6.45) is 2.04. The van der Waals surface area contributed by atoms with Gasteiger partial charge < -0.3 is 15.2 Å². The Bertz CT molecular complexity index is 407. The van der Waals surface area contributed by atoms with Gasteiger partial charge in [0.15, 0.2) is 0 Å². The van der Waals surface area contributed by atoms with Gasteiger partial charge in [-0.2, -0.15) is 0 Å². The Morgan fingerprint density at radius 2 is 2.26 bits per heavy atom. The molecule has 1 aliphatic rings. The Hall–Kier alpha value is -0.970. The summed E-state index contributed by atoms with van der Waals surface area (Å²) in [6.45, 7) is 4.02. The van der Waals surface area contributed by atoms with E-state index >= 15 is 0 Å². The van der Waals surface area contributed by atoms with Gasteiger partial charge in [-0.15, -0.1) is 0 Å². The molecule has 0 amide bonds. The van der Waals surface area contributed by atoms with Crippen molar-refractivity contribution in [3.63, 3.8) is 0 Å². The van der Waals surface area contributed by atoms with E-state index in [-0.39, 0.29) is 5.82 Å². The fourth-order valence-corrected chi connectivity index (χ4v) is 1.91. The first-order valence-electron chi connectivity index (χ1n) is 6.86. The van der Waals surface area contributed by atoms with E-state index < -0.39 is 6.10 Å². The number of aliphatic hydroxyl groups excluding tert-OH is 1. The van der Waals surface area contributed by atoms with Crippen molar-refractivity contribution in [2.45, 2.75) is 32.4 Å². The van der Waals surface area contributed by atoms with Crippen molar-refractivity contribution in [2.24, 2.45) is 5.92 Å². The number of ether oxygens (including phenoxy) is 1. The van der Waals surface area contributed by atoms with Crippen molar-refractivity contribution in [1.82, 2.24) is 5.32 Å². The fourth-order valence-electron chi connectivity index (χ4n) is 1.91. The predicted molar refractivity (Wildman–Crippen MR) is 72.4 cm³/mol. The van der Waals surface area contributed by atoms with E-state index in [1.54, 1.807) is 13.0 Å². The molecule has 0 heterocycles. The number of aryl methyl sites for hydroxylation is 1. The lowest BCUT2D eigenvalue weighted by molar-refractivity contribution is 0.0324. The lowest BCUT2D eigenvalue weighted by atomic mass is 10.1. The van der Waals surface area contributed by atoms with Crippen LogP contribution in [0.2, 0.25) is 0 Å². The third kappa shape index (κ3) is 5.27. The fraction of sp³-hybridized carbons (Fsp3) is 0.600. The van der Waals surface area contributed by atoms with Crippen molar-refractivity contribution in [3.05, 3.63) is 35.1 Å². The summed E-state index contributed by atoms with van der Waals surface area (Å²) in [5.41, 5.74) is 1.66. The van der Waals surface area contributed by atoms with Crippen LogP contribution in [0.3, 0.4) is 0 Å². The zero-order valence-electron chi connectivity index (χ0n) is 11.4. The highest BCUT2D eigenvalue weighted by atomic mass is 19.1. The van der Waals surface area contributed by atoms with Crippen LogP contribution >= 0.6 is 0 Å². The molecule has 3 nitrogen and oxygen atoms in total. The molecular weight excluding hydrogens is 245 g/mol. The van der Waals surface area contributed by atoms with Crippen LogP contribution in [0.25, 0.3) is 0 Å². The van der Waals surface area contributed by atoms with Crippen LogP contribution in [0.4, 0.5) is 4.39 Å². The van der Waals surface area contributed by atoms with Crippen LogP contribution in [0.1, 0.15) is 24.0 Å². The molecule has 106 valence electrons. The number of hydrogen-bond acceptors (Lipinski definition) is 3. The Morgan fingerprint density at radius 1 is 1.47 bits per heavy atom. The summed E-state index contributed by atoms with van der Waals surface area (Å²) in [5, 5.41) is 12.9. The minimum absolute atomic E-state index is 0.183. The third-order valence-electron chi connectivity index (χ3n) is 3.29. The van der Waals surface area contributed by atoms with E-state index in [4.69, 9.17) is 4.74 Å². The lowest BCUT2D eigenvalue weighted by Gasteiger charge is -2.12. The molecule has 2 N–H and O–H groups in total. The molecule has 1 unspecified atom stereocenters. The van der Waals surface area contributed by atoms with Gasteiger partial charge in [-0.25, -0.2) is 4.39 Å². The van der Waals surface area contributed by atoms with Crippen LogP contribution in [-0.4, -0.2) is 31.0 Å². The van der Waals surface area contributed by atoms with Crippen LogP contribution in [0.15, 0.2) is 18.2 Å². The first kappa shape index (κ1) is 14.4. The standard InChI is InChI=1S/C15H22FNO2/c1-11-6-13(4-5-15(11)16)7-17-8-14(18)10-19-9-12-2-3-12/h4-6,12,14,17-18H,2-3,7-10H2,1H3. The van der Waals surface area contributed by atoms with Gasteiger partial charge in [0.05, 0.1) is 12.7 Å². The highest BCUT2D eigenvalue weighted by Crippen LogP contribution is 2.28. The van der Waals surface area contributed by atoms with E-state index in [2.05, 4.69) is 5.32 Å². The molecule has 4 heteroatoms. The zero-order valence-corrected chi connectivity index (χ0v) is 11.4. The summed E-state index contributed by atoms with van der Waals surface area (Å²) in [5.74, 6) is 0.541. The minimum Gasteiger partial charge on any atom is -0.389 e. The Morgan fingerprint density at radius 3 is 2.95 bits per heavy atom. The van der Waals surface area contributed by atoms with Crippen molar-refractivity contribution >= 4 is 0 Å². The molecule has 1 aliphatic carbocycles. The first-order chi connectivity index (χ1) is 9.15. The lowest BCUT2D eigenvalue weighted by Crippen LogP contribution is -2.30. The molecule has 0 radical (unpaired) electrons. The number of benzene rings is 1. The van der Waals surface area contributed by atoms with Gasteiger partial charge in [-0.05, 0) is 42.9 Å². The highest BCUT2D eigenvalue weighted by molar-refractivity contribution is 5.23. The Kier molecular flexibility index (Phi) is 5.31. The number of halogens is 1. The summed E-state index contributed by atoms with van der Waals surface area (Å²) in [4.78, 5) is 0. The minimum atomic E-state index is -0.486. The maximum absolute atomic E-state index is 13.1. The van der Waals surface area contributed by atoms with Gasteiger partial charge in [0.25, 0.3) is 0 Å². The summed E-state index contributed by atoms with van der Waals surface area (Å²) < 4.78 is 18.5. The van der Waals surface area contributed by atoms with Gasteiger partial charge in [-0.1, -0.05) is 12.1 Å². The molecule has 1 atom stereocenters.